The van der Waals surface area contributed by atoms with Gasteiger partial charge in [-0.25, -0.2) is 4.98 Å². The molecule has 0 atom stereocenters. The number of nitrogens with zero attached hydrogens (tertiary/aromatic N) is 4. The first kappa shape index (κ1) is 18.6. The number of morpholine rings is 2. The largest absolute Gasteiger partial charge is 0.379 e. The Morgan fingerprint density at radius 3 is 2.08 bits per heavy atom. The topological polar surface area (TPSA) is 74.8 Å². The van der Waals surface area contributed by atoms with Gasteiger partial charge in [0, 0.05) is 52.4 Å². The molecule has 25 heavy (non-hydrogen) atoms. The van der Waals surface area contributed by atoms with E-state index in [1.54, 1.807) is 6.20 Å². The minimum absolute atomic E-state index is 0.542. The summed E-state index contributed by atoms with van der Waals surface area (Å²) in [5, 5.41) is 7.12. The molecule has 2 aliphatic heterocycles. The molecule has 0 saturated carbocycles. The Hall–Kier alpha value is -1.19. The maximum absolute atomic E-state index is 6.20. The zero-order valence-electron chi connectivity index (χ0n) is 14.5. The van der Waals surface area contributed by atoms with Gasteiger partial charge in [-0.2, -0.15) is 4.98 Å². The Morgan fingerprint density at radius 1 is 0.920 bits per heavy atom. The smallest absolute Gasteiger partial charge is 0.224 e. The highest BCUT2D eigenvalue weighted by molar-refractivity contribution is 6.32. The van der Waals surface area contributed by atoms with Gasteiger partial charge in [0.25, 0.3) is 0 Å². The van der Waals surface area contributed by atoms with Crippen LogP contribution in [0.2, 0.25) is 5.02 Å². The van der Waals surface area contributed by atoms with E-state index in [2.05, 4.69) is 30.4 Å². The van der Waals surface area contributed by atoms with Gasteiger partial charge in [-0.15, -0.1) is 0 Å². The normalized spacial score (nSPS) is 19.7. The van der Waals surface area contributed by atoms with Gasteiger partial charge < -0.3 is 20.1 Å². The monoisotopic (exact) mass is 370 g/mol. The van der Waals surface area contributed by atoms with Crippen LogP contribution in [0.4, 0.5) is 11.8 Å². The molecule has 2 saturated heterocycles. The minimum Gasteiger partial charge on any atom is -0.379 e. The molecule has 0 spiro atoms. The number of aromatic nitrogens is 2. The first-order valence-electron chi connectivity index (χ1n) is 8.92. The van der Waals surface area contributed by atoms with Gasteiger partial charge in [0.1, 0.15) is 5.02 Å². The van der Waals surface area contributed by atoms with Crippen LogP contribution in [0.1, 0.15) is 0 Å². The number of hydrogen-bond acceptors (Lipinski definition) is 8. The Balaban J connectivity index is 1.41. The van der Waals surface area contributed by atoms with Gasteiger partial charge in [0.15, 0.2) is 5.82 Å². The molecule has 0 aromatic carbocycles. The second-order valence-electron chi connectivity index (χ2n) is 6.15. The fourth-order valence-electron chi connectivity index (χ4n) is 2.88. The van der Waals surface area contributed by atoms with E-state index in [9.17, 15) is 0 Å². The van der Waals surface area contributed by atoms with Gasteiger partial charge in [-0.3, -0.25) is 9.80 Å². The van der Waals surface area contributed by atoms with Gasteiger partial charge >= 0.3 is 0 Å². The average Bonchev–Trinajstić information content (AvgIpc) is 2.66. The summed E-state index contributed by atoms with van der Waals surface area (Å²) >= 11 is 6.20. The highest BCUT2D eigenvalue weighted by atomic mass is 35.5. The number of anilines is 2. The molecule has 0 unspecified atom stereocenters. The molecule has 1 aromatic rings. The van der Waals surface area contributed by atoms with Crippen LogP contribution in [0.3, 0.4) is 0 Å². The highest BCUT2D eigenvalue weighted by Crippen LogP contribution is 2.19. The second-order valence-corrected chi connectivity index (χ2v) is 6.56. The van der Waals surface area contributed by atoms with Crippen LogP contribution >= 0.6 is 11.6 Å². The Kier molecular flexibility index (Phi) is 7.50. The molecule has 8 nitrogen and oxygen atoms in total. The maximum Gasteiger partial charge on any atom is 0.224 e. The molecule has 1 aromatic heterocycles. The van der Waals surface area contributed by atoms with Crippen molar-refractivity contribution in [3.63, 3.8) is 0 Å². The lowest BCUT2D eigenvalue weighted by atomic mass is 10.4. The molecular weight excluding hydrogens is 344 g/mol. The van der Waals surface area contributed by atoms with Gasteiger partial charge in [0.05, 0.1) is 32.6 Å². The van der Waals surface area contributed by atoms with Crippen molar-refractivity contribution in [2.45, 2.75) is 0 Å². The molecule has 0 aliphatic carbocycles. The third-order valence-corrected chi connectivity index (χ3v) is 4.66. The van der Waals surface area contributed by atoms with Gasteiger partial charge in [0.2, 0.25) is 5.95 Å². The van der Waals surface area contributed by atoms with Crippen LogP contribution in [-0.4, -0.2) is 98.6 Å². The van der Waals surface area contributed by atoms with E-state index >= 15 is 0 Å². The number of rotatable bonds is 8. The van der Waals surface area contributed by atoms with Gasteiger partial charge in [-0.05, 0) is 0 Å². The molecule has 0 bridgehead atoms. The third kappa shape index (κ3) is 6.23. The maximum atomic E-state index is 6.20. The van der Waals surface area contributed by atoms with Crippen molar-refractivity contribution in [3.05, 3.63) is 11.2 Å². The summed E-state index contributed by atoms with van der Waals surface area (Å²) in [6, 6.07) is 0. The van der Waals surface area contributed by atoms with E-state index in [1.165, 1.54) is 0 Å². The quantitative estimate of drug-likeness (QED) is 0.689. The average molecular weight is 371 g/mol. The van der Waals surface area contributed by atoms with Crippen molar-refractivity contribution < 1.29 is 9.47 Å². The molecule has 2 N–H and O–H groups in total. The van der Waals surface area contributed by atoms with Crippen LogP contribution in [0.5, 0.6) is 0 Å². The summed E-state index contributed by atoms with van der Waals surface area (Å²) in [6.45, 7) is 10.7. The highest BCUT2D eigenvalue weighted by Gasteiger charge is 2.12. The number of hydrogen-bond donors (Lipinski definition) is 2. The van der Waals surface area contributed by atoms with E-state index in [0.717, 1.165) is 78.8 Å². The third-order valence-electron chi connectivity index (χ3n) is 4.38. The second kappa shape index (κ2) is 10.1. The van der Waals surface area contributed by atoms with Gasteiger partial charge in [-0.1, -0.05) is 11.6 Å². The van der Waals surface area contributed by atoms with Crippen molar-refractivity contribution in [1.82, 2.24) is 19.8 Å². The van der Waals surface area contributed by atoms with Crippen LogP contribution in [0, 0.1) is 0 Å². The number of halogens is 1. The Morgan fingerprint density at radius 2 is 1.48 bits per heavy atom. The Bertz CT molecular complexity index is 523. The van der Waals surface area contributed by atoms with Crippen molar-refractivity contribution in [3.8, 4) is 0 Å². The first-order valence-corrected chi connectivity index (χ1v) is 9.29. The summed E-state index contributed by atoms with van der Waals surface area (Å²) in [4.78, 5) is 13.5. The summed E-state index contributed by atoms with van der Waals surface area (Å²) in [7, 11) is 0. The lowest BCUT2D eigenvalue weighted by Gasteiger charge is -2.26. The van der Waals surface area contributed by atoms with Crippen LogP contribution in [0.25, 0.3) is 0 Å². The van der Waals surface area contributed by atoms with E-state index in [-0.39, 0.29) is 0 Å². The molecule has 3 heterocycles. The summed E-state index contributed by atoms with van der Waals surface area (Å²) in [6.07, 6.45) is 1.64. The molecule has 3 rings (SSSR count). The number of ether oxygens (including phenoxy) is 2. The van der Waals surface area contributed by atoms with E-state index < -0.39 is 0 Å². The standard InChI is InChI=1S/C16H27ClN6O2/c17-14-13-20-16(19-2-4-23-7-11-25-12-8-23)21-15(14)18-1-3-22-5-9-24-10-6-22/h13H,1-12H2,(H2,18,19,20,21). The minimum atomic E-state index is 0.542. The number of nitrogens with one attached hydrogen (secondary N) is 2. The molecule has 0 radical (unpaired) electrons. The van der Waals surface area contributed by atoms with Crippen molar-refractivity contribution in [2.24, 2.45) is 0 Å². The molecule has 0 amide bonds. The van der Waals surface area contributed by atoms with Crippen LogP contribution in [0.15, 0.2) is 6.20 Å². The SMILES string of the molecule is Clc1cnc(NCCN2CCOCC2)nc1NCCN1CCOCC1. The van der Waals surface area contributed by atoms with Crippen molar-refractivity contribution in [1.29, 1.82) is 0 Å². The van der Waals surface area contributed by atoms with Crippen LogP contribution in [-0.2, 0) is 9.47 Å². The van der Waals surface area contributed by atoms with Crippen molar-refractivity contribution in [2.75, 3.05) is 89.4 Å². The predicted octanol–water partition coefficient (Wildman–Crippen LogP) is 0.618. The molecule has 9 heteroatoms. The fraction of sp³-hybridized carbons (Fsp3) is 0.750. The van der Waals surface area contributed by atoms with E-state index in [1.807, 2.05) is 0 Å². The summed E-state index contributed by atoms with van der Waals surface area (Å²) < 4.78 is 10.7. The zero-order chi connectivity index (χ0) is 17.3. The molecule has 2 fully saturated rings. The van der Waals surface area contributed by atoms with Crippen LogP contribution < -0.4 is 10.6 Å². The van der Waals surface area contributed by atoms with E-state index in [4.69, 9.17) is 21.1 Å². The van der Waals surface area contributed by atoms with Crippen molar-refractivity contribution >= 4 is 23.4 Å². The summed E-state index contributed by atoms with van der Waals surface area (Å²) in [5.74, 6) is 1.28. The van der Waals surface area contributed by atoms with E-state index in [0.29, 0.717) is 16.8 Å². The first-order chi connectivity index (χ1) is 12.3. The molecule has 140 valence electrons. The molecule has 2 aliphatic rings. The molecular formula is C16H27ClN6O2. The lowest BCUT2D eigenvalue weighted by Crippen LogP contribution is -2.39. The fourth-order valence-corrected chi connectivity index (χ4v) is 3.04. The predicted molar refractivity (Wildman–Crippen MR) is 98.5 cm³/mol. The summed E-state index contributed by atoms with van der Waals surface area (Å²) in [5.41, 5.74) is 0. The zero-order valence-corrected chi connectivity index (χ0v) is 15.3. The Labute approximate surface area is 153 Å². The lowest BCUT2D eigenvalue weighted by molar-refractivity contribution is 0.0398.